The summed E-state index contributed by atoms with van der Waals surface area (Å²) < 4.78 is 17.7. The summed E-state index contributed by atoms with van der Waals surface area (Å²) in [6.45, 7) is 1.43. The van der Waals surface area contributed by atoms with Crippen LogP contribution in [0.2, 0.25) is 5.02 Å². The lowest BCUT2D eigenvalue weighted by Gasteiger charge is -2.06. The predicted molar refractivity (Wildman–Crippen MR) is 56.4 cm³/mol. The van der Waals surface area contributed by atoms with E-state index in [4.69, 9.17) is 16.3 Å². The molecule has 1 rings (SSSR count). The Morgan fingerprint density at radius 1 is 1.43 bits per heavy atom. The van der Waals surface area contributed by atoms with Crippen molar-refractivity contribution in [3.8, 4) is 0 Å². The first-order valence-electron chi connectivity index (χ1n) is 4.41. The van der Waals surface area contributed by atoms with Crippen molar-refractivity contribution < 1.29 is 9.13 Å². The van der Waals surface area contributed by atoms with Crippen molar-refractivity contribution in [2.24, 2.45) is 0 Å². The molecule has 78 valence electrons. The second-order valence-corrected chi connectivity index (χ2v) is 3.37. The maximum Gasteiger partial charge on any atom is 0.126 e. The number of anilines is 1. The Hall–Kier alpha value is -0.800. The summed E-state index contributed by atoms with van der Waals surface area (Å²) in [4.78, 5) is 0. The molecular weight excluding hydrogens is 205 g/mol. The molecule has 0 radical (unpaired) electrons. The second-order valence-electron chi connectivity index (χ2n) is 2.93. The van der Waals surface area contributed by atoms with Crippen molar-refractivity contribution in [3.63, 3.8) is 0 Å². The molecule has 1 aromatic carbocycles. The van der Waals surface area contributed by atoms with Gasteiger partial charge in [-0.05, 0) is 24.6 Å². The van der Waals surface area contributed by atoms with Gasteiger partial charge in [0.05, 0.1) is 0 Å². The van der Waals surface area contributed by atoms with Gasteiger partial charge in [0.2, 0.25) is 0 Å². The molecular formula is C10H13ClFNO. The average Bonchev–Trinajstić information content (AvgIpc) is 2.11. The first-order valence-corrected chi connectivity index (χ1v) is 4.79. The largest absolute Gasteiger partial charge is 0.385 e. The van der Waals surface area contributed by atoms with Crippen LogP contribution in [0, 0.1) is 5.82 Å². The second kappa shape index (κ2) is 5.83. The van der Waals surface area contributed by atoms with E-state index in [1.165, 1.54) is 12.1 Å². The summed E-state index contributed by atoms with van der Waals surface area (Å²) in [6, 6.07) is 4.39. The first-order chi connectivity index (χ1) is 6.72. The van der Waals surface area contributed by atoms with E-state index in [0.29, 0.717) is 17.3 Å². The van der Waals surface area contributed by atoms with Crippen LogP contribution in [0.3, 0.4) is 0 Å². The zero-order valence-corrected chi connectivity index (χ0v) is 8.77. The fraction of sp³-hybridized carbons (Fsp3) is 0.400. The minimum atomic E-state index is -0.327. The fourth-order valence-electron chi connectivity index (χ4n) is 1.11. The van der Waals surface area contributed by atoms with Gasteiger partial charge in [-0.25, -0.2) is 4.39 Å². The maximum absolute atomic E-state index is 12.9. The van der Waals surface area contributed by atoms with Crippen molar-refractivity contribution >= 4 is 17.3 Å². The third-order valence-corrected chi connectivity index (χ3v) is 1.94. The van der Waals surface area contributed by atoms with E-state index in [9.17, 15) is 4.39 Å². The van der Waals surface area contributed by atoms with E-state index >= 15 is 0 Å². The van der Waals surface area contributed by atoms with Crippen molar-refractivity contribution in [2.75, 3.05) is 25.6 Å². The average molecular weight is 218 g/mol. The Bertz CT molecular complexity index is 273. The minimum absolute atomic E-state index is 0.327. The van der Waals surface area contributed by atoms with Crippen LogP contribution in [0.4, 0.5) is 10.1 Å². The molecule has 0 aliphatic rings. The Labute approximate surface area is 88.0 Å². The molecule has 0 unspecified atom stereocenters. The number of benzene rings is 1. The third-order valence-electron chi connectivity index (χ3n) is 1.72. The SMILES string of the molecule is COCCCNc1cc(F)cc(Cl)c1. The van der Waals surface area contributed by atoms with E-state index in [1.54, 1.807) is 13.2 Å². The van der Waals surface area contributed by atoms with Crippen molar-refractivity contribution in [1.29, 1.82) is 0 Å². The van der Waals surface area contributed by atoms with Crippen LogP contribution in [0.1, 0.15) is 6.42 Å². The van der Waals surface area contributed by atoms with Crippen LogP contribution < -0.4 is 5.32 Å². The monoisotopic (exact) mass is 217 g/mol. The maximum atomic E-state index is 12.9. The molecule has 0 aliphatic heterocycles. The number of halogens is 2. The van der Waals surface area contributed by atoms with Gasteiger partial charge in [0.15, 0.2) is 0 Å². The van der Waals surface area contributed by atoms with E-state index in [1.807, 2.05) is 0 Å². The summed E-state index contributed by atoms with van der Waals surface area (Å²) in [7, 11) is 1.65. The van der Waals surface area contributed by atoms with Gasteiger partial charge in [-0.1, -0.05) is 11.6 Å². The van der Waals surface area contributed by atoms with Crippen LogP contribution >= 0.6 is 11.6 Å². The number of ether oxygens (including phenoxy) is 1. The van der Waals surface area contributed by atoms with E-state index < -0.39 is 0 Å². The topological polar surface area (TPSA) is 21.3 Å². The van der Waals surface area contributed by atoms with Crippen molar-refractivity contribution in [2.45, 2.75) is 6.42 Å². The highest BCUT2D eigenvalue weighted by molar-refractivity contribution is 6.30. The van der Waals surface area contributed by atoms with Crippen LogP contribution in [-0.2, 0) is 4.74 Å². The standard InChI is InChI=1S/C10H13ClFNO/c1-14-4-2-3-13-10-6-8(11)5-9(12)7-10/h5-7,13H,2-4H2,1H3. The highest BCUT2D eigenvalue weighted by atomic mass is 35.5. The molecule has 1 N–H and O–H groups in total. The molecule has 0 saturated heterocycles. The van der Waals surface area contributed by atoms with E-state index in [-0.39, 0.29) is 5.82 Å². The Kier molecular flexibility index (Phi) is 4.70. The van der Waals surface area contributed by atoms with Gasteiger partial charge in [0.25, 0.3) is 0 Å². The lowest BCUT2D eigenvalue weighted by Crippen LogP contribution is -2.04. The molecule has 0 heterocycles. The molecule has 4 heteroatoms. The van der Waals surface area contributed by atoms with Gasteiger partial charge in [-0.3, -0.25) is 0 Å². The highest BCUT2D eigenvalue weighted by Gasteiger charge is 1.97. The Balaban J connectivity index is 2.42. The van der Waals surface area contributed by atoms with Gasteiger partial charge in [0, 0.05) is 31.0 Å². The number of rotatable bonds is 5. The fourth-order valence-corrected chi connectivity index (χ4v) is 1.33. The number of hydrogen-bond donors (Lipinski definition) is 1. The molecule has 0 aliphatic carbocycles. The molecule has 0 spiro atoms. The quantitative estimate of drug-likeness (QED) is 0.766. The summed E-state index contributed by atoms with van der Waals surface area (Å²) in [5, 5.41) is 3.46. The summed E-state index contributed by atoms with van der Waals surface area (Å²) in [6.07, 6.45) is 0.880. The molecule has 0 amide bonds. The smallest absolute Gasteiger partial charge is 0.126 e. The molecule has 14 heavy (non-hydrogen) atoms. The highest BCUT2D eigenvalue weighted by Crippen LogP contribution is 2.17. The van der Waals surface area contributed by atoms with E-state index in [0.717, 1.165) is 13.0 Å². The normalized spacial score (nSPS) is 10.2. The van der Waals surface area contributed by atoms with Crippen LogP contribution in [-0.4, -0.2) is 20.3 Å². The van der Waals surface area contributed by atoms with Gasteiger partial charge < -0.3 is 10.1 Å². The molecule has 0 aromatic heterocycles. The third kappa shape index (κ3) is 3.94. The molecule has 0 fully saturated rings. The summed E-state index contributed by atoms with van der Waals surface area (Å²) in [5.41, 5.74) is 0.700. The van der Waals surface area contributed by atoms with E-state index in [2.05, 4.69) is 5.32 Å². The summed E-state index contributed by atoms with van der Waals surface area (Å²) >= 11 is 5.69. The van der Waals surface area contributed by atoms with Crippen LogP contribution in [0.25, 0.3) is 0 Å². The van der Waals surface area contributed by atoms with Gasteiger partial charge in [-0.2, -0.15) is 0 Å². The lowest BCUT2D eigenvalue weighted by atomic mass is 10.3. The Morgan fingerprint density at radius 2 is 2.21 bits per heavy atom. The van der Waals surface area contributed by atoms with Gasteiger partial charge in [-0.15, -0.1) is 0 Å². The molecule has 0 atom stereocenters. The number of methoxy groups -OCH3 is 1. The lowest BCUT2D eigenvalue weighted by molar-refractivity contribution is 0.198. The summed E-state index contributed by atoms with van der Waals surface area (Å²) in [5.74, 6) is -0.327. The number of hydrogen-bond acceptors (Lipinski definition) is 2. The predicted octanol–water partition coefficient (Wildman–Crippen LogP) is 2.93. The van der Waals surface area contributed by atoms with Crippen molar-refractivity contribution in [3.05, 3.63) is 29.0 Å². The van der Waals surface area contributed by atoms with Crippen LogP contribution in [0.15, 0.2) is 18.2 Å². The Morgan fingerprint density at radius 3 is 2.86 bits per heavy atom. The molecule has 0 bridgehead atoms. The minimum Gasteiger partial charge on any atom is -0.385 e. The molecule has 2 nitrogen and oxygen atoms in total. The van der Waals surface area contributed by atoms with Gasteiger partial charge >= 0.3 is 0 Å². The zero-order chi connectivity index (χ0) is 10.4. The molecule has 0 saturated carbocycles. The van der Waals surface area contributed by atoms with Crippen molar-refractivity contribution in [1.82, 2.24) is 0 Å². The first kappa shape index (κ1) is 11.3. The molecule has 1 aromatic rings. The number of nitrogens with one attached hydrogen (secondary N) is 1. The van der Waals surface area contributed by atoms with Gasteiger partial charge in [0.1, 0.15) is 5.82 Å². The zero-order valence-electron chi connectivity index (χ0n) is 8.02. The van der Waals surface area contributed by atoms with Crippen LogP contribution in [0.5, 0.6) is 0 Å².